The Kier molecular flexibility index (Phi) is 2.63. The molecule has 1 aliphatic carbocycles. The van der Waals surface area contributed by atoms with E-state index in [1.807, 2.05) is 6.07 Å². The molecule has 0 saturated carbocycles. The molecule has 1 aromatic heterocycles. The van der Waals surface area contributed by atoms with E-state index in [0.29, 0.717) is 5.69 Å². The second-order valence-electron chi connectivity index (χ2n) is 4.56. The van der Waals surface area contributed by atoms with Gasteiger partial charge in [0.15, 0.2) is 0 Å². The van der Waals surface area contributed by atoms with Crippen LogP contribution in [0.15, 0.2) is 24.9 Å². The molecule has 4 rings (SSSR count). The van der Waals surface area contributed by atoms with Crippen molar-refractivity contribution in [2.45, 2.75) is 19.3 Å². The lowest BCUT2D eigenvalue weighted by molar-refractivity contribution is 0.0965. The van der Waals surface area contributed by atoms with Gasteiger partial charge < -0.3 is 10.6 Å². The number of amides is 1. The van der Waals surface area contributed by atoms with Crippen LogP contribution in [-0.2, 0) is 0 Å². The summed E-state index contributed by atoms with van der Waals surface area (Å²) in [5.41, 5.74) is 3.02. The predicted octanol–water partition coefficient (Wildman–Crippen LogP) is 0.000900. The number of hydrogen-bond donors (Lipinski definition) is 2. The number of nitrogens with zero attached hydrogens (tertiary/aromatic N) is 1. The second-order valence-corrected chi connectivity index (χ2v) is 4.56. The summed E-state index contributed by atoms with van der Waals surface area (Å²) in [5, 5.41) is 8.15. The summed E-state index contributed by atoms with van der Waals surface area (Å²) in [4.78, 5) is 16.3. The molecule has 0 radical (unpaired) electrons. The molecular formula is C14H15N3O. The Labute approximate surface area is 105 Å². The Morgan fingerprint density at radius 1 is 1.44 bits per heavy atom. The Morgan fingerprint density at radius 2 is 2.33 bits per heavy atom. The van der Waals surface area contributed by atoms with Crippen molar-refractivity contribution >= 4 is 17.2 Å². The van der Waals surface area contributed by atoms with Gasteiger partial charge in [0.05, 0.1) is 5.35 Å². The zero-order valence-electron chi connectivity index (χ0n) is 10.1. The van der Waals surface area contributed by atoms with E-state index in [0.717, 1.165) is 36.4 Å². The number of fused-ring (bicyclic) bond motifs is 3. The first-order chi connectivity index (χ1) is 8.79. The van der Waals surface area contributed by atoms with Crippen LogP contribution in [0, 0.1) is 0 Å². The van der Waals surface area contributed by atoms with Crippen LogP contribution in [-0.4, -0.2) is 17.4 Å². The molecule has 1 aromatic rings. The number of carbonyl (C=O) groups excluding carboxylic acids is 1. The van der Waals surface area contributed by atoms with Gasteiger partial charge in [-0.1, -0.05) is 6.58 Å². The van der Waals surface area contributed by atoms with E-state index in [2.05, 4.69) is 22.2 Å². The average Bonchev–Trinajstić information content (AvgIpc) is 2.73. The number of aromatic nitrogens is 1. The van der Waals surface area contributed by atoms with Gasteiger partial charge in [-0.05, 0) is 43.2 Å². The highest BCUT2D eigenvalue weighted by Gasteiger charge is 2.17. The maximum atomic E-state index is 11.7. The highest BCUT2D eigenvalue weighted by molar-refractivity contribution is 5.92. The zero-order chi connectivity index (χ0) is 12.5. The zero-order valence-corrected chi connectivity index (χ0v) is 10.1. The Morgan fingerprint density at radius 3 is 3.17 bits per heavy atom. The molecule has 0 aromatic carbocycles. The summed E-state index contributed by atoms with van der Waals surface area (Å²) >= 11 is 0. The van der Waals surface area contributed by atoms with Crippen molar-refractivity contribution < 1.29 is 4.79 Å². The fourth-order valence-electron chi connectivity index (χ4n) is 2.57. The molecule has 2 bridgehead atoms. The summed E-state index contributed by atoms with van der Waals surface area (Å²) in [6.07, 6.45) is 4.66. The summed E-state index contributed by atoms with van der Waals surface area (Å²) in [6.45, 7) is 4.35. The molecule has 0 atom stereocenters. The lowest BCUT2D eigenvalue weighted by atomic mass is 10.1. The summed E-state index contributed by atoms with van der Waals surface area (Å²) in [6, 6.07) is 3.76. The number of rotatable bonds is 2. The van der Waals surface area contributed by atoms with Crippen LogP contribution < -0.4 is 21.2 Å². The van der Waals surface area contributed by atoms with Crippen molar-refractivity contribution in [3.8, 4) is 0 Å². The second kappa shape index (κ2) is 4.29. The Bertz CT molecular complexity index is 645. The van der Waals surface area contributed by atoms with Gasteiger partial charge in [-0.3, -0.25) is 4.79 Å². The third kappa shape index (κ3) is 1.70. The molecule has 2 N–H and O–H groups in total. The molecular weight excluding hydrogens is 226 g/mol. The van der Waals surface area contributed by atoms with E-state index < -0.39 is 0 Å². The van der Waals surface area contributed by atoms with E-state index in [9.17, 15) is 4.79 Å². The summed E-state index contributed by atoms with van der Waals surface area (Å²) in [7, 11) is 0. The van der Waals surface area contributed by atoms with E-state index in [1.54, 1.807) is 6.07 Å². The van der Waals surface area contributed by atoms with Crippen LogP contribution in [0.2, 0.25) is 0 Å². The van der Waals surface area contributed by atoms with Crippen LogP contribution in [0.1, 0.15) is 29.8 Å². The predicted molar refractivity (Wildman–Crippen MR) is 69.8 cm³/mol. The number of pyridine rings is 1. The minimum atomic E-state index is -0.202. The van der Waals surface area contributed by atoms with Gasteiger partial charge in [-0.15, -0.1) is 0 Å². The molecule has 1 amide bonds. The molecule has 3 aliphatic rings. The van der Waals surface area contributed by atoms with Gasteiger partial charge in [0.1, 0.15) is 5.69 Å². The maximum absolute atomic E-state index is 11.7. The number of hydrogen-bond acceptors (Lipinski definition) is 3. The molecule has 3 heterocycles. The van der Waals surface area contributed by atoms with Crippen LogP contribution in [0.3, 0.4) is 0 Å². The van der Waals surface area contributed by atoms with Gasteiger partial charge in [0.25, 0.3) is 5.91 Å². The minimum absolute atomic E-state index is 0.202. The molecule has 4 nitrogen and oxygen atoms in total. The standard InChI is InChI=1S/C14H15N3O/c1-2-15-14(18)12-7-6-10-11-5-3-4-9(8-16-11)13(10)17-12/h2,6-7,16H,1,3-5,8H2,(H,15,18). The first-order valence-corrected chi connectivity index (χ1v) is 6.17. The maximum Gasteiger partial charge on any atom is 0.273 e. The van der Waals surface area contributed by atoms with Crippen LogP contribution in [0.5, 0.6) is 0 Å². The number of carbonyl (C=O) groups is 1. The van der Waals surface area contributed by atoms with E-state index in [1.165, 1.54) is 17.5 Å². The van der Waals surface area contributed by atoms with Gasteiger partial charge in [0, 0.05) is 17.5 Å². The van der Waals surface area contributed by atoms with Crippen molar-refractivity contribution in [1.29, 1.82) is 0 Å². The molecule has 0 unspecified atom stereocenters. The molecule has 0 spiro atoms. The molecule has 4 heteroatoms. The lowest BCUT2D eigenvalue weighted by Gasteiger charge is -2.13. The fourth-order valence-corrected chi connectivity index (χ4v) is 2.57. The first-order valence-electron chi connectivity index (χ1n) is 6.17. The monoisotopic (exact) mass is 241 g/mol. The van der Waals surface area contributed by atoms with Crippen molar-refractivity contribution in [3.05, 3.63) is 41.2 Å². The van der Waals surface area contributed by atoms with E-state index in [4.69, 9.17) is 0 Å². The van der Waals surface area contributed by atoms with Crippen molar-refractivity contribution in [2.75, 3.05) is 6.54 Å². The molecule has 2 aliphatic heterocycles. The molecule has 1 fully saturated rings. The SMILES string of the molecule is C=CNC(=O)c1ccc2c(n1)=C1CCCC=2NC1. The normalized spacial score (nSPS) is 16.7. The van der Waals surface area contributed by atoms with Crippen LogP contribution in [0.25, 0.3) is 11.3 Å². The Balaban J connectivity index is 2.20. The van der Waals surface area contributed by atoms with Crippen molar-refractivity contribution in [1.82, 2.24) is 15.6 Å². The van der Waals surface area contributed by atoms with E-state index >= 15 is 0 Å². The summed E-state index contributed by atoms with van der Waals surface area (Å²) < 4.78 is 0. The van der Waals surface area contributed by atoms with Gasteiger partial charge in [-0.2, -0.15) is 0 Å². The minimum Gasteiger partial charge on any atom is -0.384 e. The topological polar surface area (TPSA) is 54.0 Å². The number of nitrogens with one attached hydrogen (secondary N) is 2. The van der Waals surface area contributed by atoms with Crippen molar-refractivity contribution in [3.63, 3.8) is 0 Å². The highest BCUT2D eigenvalue weighted by atomic mass is 16.1. The van der Waals surface area contributed by atoms with Crippen LogP contribution >= 0.6 is 0 Å². The molecule has 92 valence electrons. The van der Waals surface area contributed by atoms with Gasteiger partial charge in [-0.25, -0.2) is 4.98 Å². The van der Waals surface area contributed by atoms with Crippen LogP contribution in [0.4, 0.5) is 0 Å². The van der Waals surface area contributed by atoms with Gasteiger partial charge in [0.2, 0.25) is 0 Å². The lowest BCUT2D eigenvalue weighted by Crippen LogP contribution is -2.42. The van der Waals surface area contributed by atoms with E-state index in [-0.39, 0.29) is 5.91 Å². The largest absolute Gasteiger partial charge is 0.384 e. The average molecular weight is 241 g/mol. The first kappa shape index (κ1) is 11.0. The third-order valence-corrected chi connectivity index (χ3v) is 3.44. The third-order valence-electron chi connectivity index (χ3n) is 3.44. The molecule has 1 saturated heterocycles. The highest BCUT2D eigenvalue weighted by Crippen LogP contribution is 2.17. The quantitative estimate of drug-likeness (QED) is 0.766. The fraction of sp³-hybridized carbons (Fsp3) is 0.286. The van der Waals surface area contributed by atoms with Crippen molar-refractivity contribution in [2.24, 2.45) is 0 Å². The Hall–Kier alpha value is -2.10. The summed E-state index contributed by atoms with van der Waals surface area (Å²) in [5.74, 6) is -0.202. The van der Waals surface area contributed by atoms with Gasteiger partial charge >= 0.3 is 0 Å². The molecule has 18 heavy (non-hydrogen) atoms. The smallest absolute Gasteiger partial charge is 0.273 e.